The molecule has 0 radical (unpaired) electrons. The average Bonchev–Trinajstić information content (AvgIpc) is 2.68. The minimum Gasteiger partial charge on any atom is -0.294 e. The van der Waals surface area contributed by atoms with Crippen molar-refractivity contribution in [3.05, 3.63) is 101 Å². The van der Waals surface area contributed by atoms with Crippen LogP contribution in [0.25, 0.3) is 0 Å². The summed E-state index contributed by atoms with van der Waals surface area (Å²) in [6.45, 7) is 3.82. The first kappa shape index (κ1) is 18.9. The van der Waals surface area contributed by atoms with E-state index in [1.807, 2.05) is 32.0 Å². The molecule has 0 heterocycles. The molecule has 0 saturated carbocycles. The Bertz CT molecular complexity index is 1000. The number of ketones is 1. The van der Waals surface area contributed by atoms with E-state index in [4.69, 9.17) is 0 Å². The first-order valence-corrected chi connectivity index (χ1v) is 9.99. The fourth-order valence-corrected chi connectivity index (χ4v) is 4.42. The summed E-state index contributed by atoms with van der Waals surface area (Å²) in [6.07, 6.45) is 0.116. The van der Waals surface area contributed by atoms with Gasteiger partial charge in [-0.05, 0) is 43.2 Å². The number of Topliss-reactive ketones (excluding diaryl/α,β-unsaturated/α-hetero) is 1. The summed E-state index contributed by atoms with van der Waals surface area (Å²) in [6, 6.07) is 21.3. The standard InChI is InChI=1S/C23H20O3P/c1-16-9-8-10-17(2)22(16)20(24)15-19-13-6-7-14-21(19)27(26)23(25)18-11-4-3-5-12-18/h3-14H,15H2,1-2H3/q+1. The highest BCUT2D eigenvalue weighted by molar-refractivity contribution is 7.71. The Morgan fingerprint density at radius 3 is 2.04 bits per heavy atom. The van der Waals surface area contributed by atoms with Crippen LogP contribution in [0.2, 0.25) is 0 Å². The van der Waals surface area contributed by atoms with E-state index in [1.165, 1.54) is 0 Å². The van der Waals surface area contributed by atoms with E-state index in [2.05, 4.69) is 0 Å². The van der Waals surface area contributed by atoms with Crippen LogP contribution >= 0.6 is 7.80 Å². The summed E-state index contributed by atoms with van der Waals surface area (Å²) in [4.78, 5) is 25.5. The molecular weight excluding hydrogens is 355 g/mol. The molecule has 0 fully saturated rings. The molecule has 1 atom stereocenters. The molecule has 0 aliphatic heterocycles. The van der Waals surface area contributed by atoms with Crippen LogP contribution < -0.4 is 5.30 Å². The van der Waals surface area contributed by atoms with E-state index in [1.54, 1.807) is 54.6 Å². The Kier molecular flexibility index (Phi) is 5.73. The summed E-state index contributed by atoms with van der Waals surface area (Å²) in [7, 11) is -2.29. The highest BCUT2D eigenvalue weighted by Crippen LogP contribution is 2.28. The normalized spacial score (nSPS) is 11.1. The molecule has 3 rings (SSSR count). The van der Waals surface area contributed by atoms with Crippen LogP contribution in [0.4, 0.5) is 0 Å². The molecule has 0 aliphatic carbocycles. The summed E-state index contributed by atoms with van der Waals surface area (Å²) >= 11 is 0. The molecule has 3 aromatic rings. The zero-order valence-corrected chi connectivity index (χ0v) is 16.2. The molecular formula is C23H20O3P+. The van der Waals surface area contributed by atoms with Crippen LogP contribution in [-0.2, 0) is 11.0 Å². The second-order valence-corrected chi connectivity index (χ2v) is 7.94. The van der Waals surface area contributed by atoms with Gasteiger partial charge in [0.2, 0.25) is 5.30 Å². The maximum atomic E-state index is 12.9. The summed E-state index contributed by atoms with van der Waals surface area (Å²) in [5.74, 6) is -0.0337. The van der Waals surface area contributed by atoms with Crippen molar-refractivity contribution in [2.45, 2.75) is 20.3 Å². The lowest BCUT2D eigenvalue weighted by molar-refractivity contribution is 0.0991. The molecule has 27 heavy (non-hydrogen) atoms. The average molecular weight is 375 g/mol. The maximum absolute atomic E-state index is 12.9. The number of rotatable bonds is 6. The van der Waals surface area contributed by atoms with Gasteiger partial charge in [-0.15, -0.1) is 0 Å². The lowest BCUT2D eigenvalue weighted by Gasteiger charge is -2.08. The van der Waals surface area contributed by atoms with E-state index in [0.717, 1.165) is 11.1 Å². The monoisotopic (exact) mass is 375 g/mol. The number of hydrogen-bond donors (Lipinski definition) is 0. The van der Waals surface area contributed by atoms with E-state index >= 15 is 0 Å². The first-order chi connectivity index (χ1) is 13.0. The molecule has 134 valence electrons. The number of benzene rings is 3. The lowest BCUT2D eigenvalue weighted by atomic mass is 9.95. The minimum atomic E-state index is -2.29. The van der Waals surface area contributed by atoms with Gasteiger partial charge < -0.3 is 0 Å². The van der Waals surface area contributed by atoms with Gasteiger partial charge in [0.1, 0.15) is 0 Å². The Hall–Kier alpha value is -2.90. The van der Waals surface area contributed by atoms with Crippen LogP contribution in [0.5, 0.6) is 0 Å². The van der Waals surface area contributed by atoms with Crippen molar-refractivity contribution in [2.24, 2.45) is 0 Å². The maximum Gasteiger partial charge on any atom is 0.458 e. The quantitative estimate of drug-likeness (QED) is 0.449. The predicted octanol–water partition coefficient (Wildman–Crippen LogP) is 5.02. The van der Waals surface area contributed by atoms with Gasteiger partial charge in [-0.1, -0.05) is 59.2 Å². The number of hydrogen-bond acceptors (Lipinski definition) is 3. The van der Waals surface area contributed by atoms with E-state index in [9.17, 15) is 14.2 Å². The van der Waals surface area contributed by atoms with Gasteiger partial charge in [-0.2, -0.15) is 0 Å². The zero-order chi connectivity index (χ0) is 19.4. The van der Waals surface area contributed by atoms with Gasteiger partial charge >= 0.3 is 13.3 Å². The molecule has 1 unspecified atom stereocenters. The molecule has 4 heteroatoms. The molecule has 3 aromatic carbocycles. The minimum absolute atomic E-state index is 0.0337. The van der Waals surface area contributed by atoms with Crippen LogP contribution in [-0.4, -0.2) is 11.3 Å². The highest BCUT2D eigenvalue weighted by Gasteiger charge is 2.35. The Morgan fingerprint density at radius 2 is 1.37 bits per heavy atom. The van der Waals surface area contributed by atoms with Gasteiger partial charge in [0.15, 0.2) is 5.78 Å². The number of aryl methyl sites for hydroxylation is 2. The van der Waals surface area contributed by atoms with Crippen LogP contribution in [0.1, 0.15) is 37.4 Å². The van der Waals surface area contributed by atoms with Crippen molar-refractivity contribution < 1.29 is 14.2 Å². The molecule has 0 saturated heterocycles. The zero-order valence-electron chi connectivity index (χ0n) is 15.3. The first-order valence-electron chi connectivity index (χ1n) is 8.73. The van der Waals surface area contributed by atoms with E-state index < -0.39 is 13.3 Å². The van der Waals surface area contributed by atoms with Gasteiger partial charge in [0, 0.05) is 17.5 Å². The van der Waals surface area contributed by atoms with E-state index in [-0.39, 0.29) is 12.2 Å². The molecule has 0 aliphatic rings. The highest BCUT2D eigenvalue weighted by atomic mass is 31.1. The molecule has 0 amide bonds. The molecule has 0 spiro atoms. The summed E-state index contributed by atoms with van der Waals surface area (Å²) in [5.41, 5.74) is 3.16. The Labute approximate surface area is 159 Å². The van der Waals surface area contributed by atoms with Crippen molar-refractivity contribution in [3.8, 4) is 0 Å². The summed E-state index contributed by atoms with van der Waals surface area (Å²) in [5, 5.41) is 0.431. The van der Waals surface area contributed by atoms with Crippen molar-refractivity contribution in [3.63, 3.8) is 0 Å². The third-order valence-corrected chi connectivity index (χ3v) is 6.03. The third kappa shape index (κ3) is 4.10. The van der Waals surface area contributed by atoms with Crippen molar-refractivity contribution >= 4 is 24.4 Å². The van der Waals surface area contributed by atoms with Gasteiger partial charge in [0.25, 0.3) is 0 Å². The third-order valence-electron chi connectivity index (χ3n) is 4.53. The van der Waals surface area contributed by atoms with Gasteiger partial charge in [0.05, 0.1) is 5.56 Å². The second kappa shape index (κ2) is 8.20. The predicted molar refractivity (Wildman–Crippen MR) is 108 cm³/mol. The number of carbonyl (C=O) groups is 2. The largest absolute Gasteiger partial charge is 0.458 e. The van der Waals surface area contributed by atoms with Crippen LogP contribution in [0.15, 0.2) is 72.8 Å². The molecule has 0 aromatic heterocycles. The molecule has 0 bridgehead atoms. The number of carbonyl (C=O) groups excluding carboxylic acids is 2. The van der Waals surface area contributed by atoms with E-state index in [0.29, 0.717) is 22.0 Å². The van der Waals surface area contributed by atoms with Crippen molar-refractivity contribution in [1.82, 2.24) is 0 Å². The van der Waals surface area contributed by atoms with Crippen molar-refractivity contribution in [1.29, 1.82) is 0 Å². The fraction of sp³-hybridized carbons (Fsp3) is 0.130. The van der Waals surface area contributed by atoms with Crippen LogP contribution in [0.3, 0.4) is 0 Å². The van der Waals surface area contributed by atoms with Crippen molar-refractivity contribution in [2.75, 3.05) is 0 Å². The SMILES string of the molecule is Cc1cccc(C)c1C(=O)Cc1ccccc1[P+](=O)C(=O)c1ccccc1. The second-order valence-electron chi connectivity index (χ2n) is 6.46. The van der Waals surface area contributed by atoms with Crippen LogP contribution in [0, 0.1) is 13.8 Å². The fourth-order valence-electron chi connectivity index (χ4n) is 3.18. The molecule has 3 nitrogen and oxygen atoms in total. The lowest BCUT2D eigenvalue weighted by Crippen LogP contribution is -2.15. The smallest absolute Gasteiger partial charge is 0.294 e. The topological polar surface area (TPSA) is 51.2 Å². The van der Waals surface area contributed by atoms with Gasteiger partial charge in [-0.25, -0.2) is 4.79 Å². The van der Waals surface area contributed by atoms with Gasteiger partial charge in [-0.3, -0.25) is 4.79 Å². The Balaban J connectivity index is 1.92. The summed E-state index contributed by atoms with van der Waals surface area (Å²) < 4.78 is 12.9. The Morgan fingerprint density at radius 1 is 0.778 bits per heavy atom. The molecule has 0 N–H and O–H groups in total.